The van der Waals surface area contributed by atoms with E-state index in [1.165, 1.54) is 14.7 Å². The fraction of sp³-hybridized carbons (Fsp3) is 0.0625. The summed E-state index contributed by atoms with van der Waals surface area (Å²) in [6.07, 6.45) is 3.97. The van der Waals surface area contributed by atoms with E-state index in [1.54, 1.807) is 0 Å². The highest BCUT2D eigenvalue weighted by atomic mass is 127. The van der Waals surface area contributed by atoms with E-state index in [9.17, 15) is 0 Å². The van der Waals surface area contributed by atoms with Crippen LogP contribution in [-0.2, 0) is 6.54 Å². The summed E-state index contributed by atoms with van der Waals surface area (Å²) >= 11 is 8.21. The molecule has 0 spiro atoms. The molecule has 0 fully saturated rings. The van der Waals surface area contributed by atoms with E-state index in [-0.39, 0.29) is 0 Å². The first-order chi connectivity index (χ1) is 9.70. The Morgan fingerprint density at radius 3 is 2.60 bits per heavy atom. The average Bonchev–Trinajstić information content (AvgIpc) is 2.90. The van der Waals surface area contributed by atoms with Gasteiger partial charge in [0.05, 0.1) is 12.7 Å². The predicted molar refractivity (Wildman–Crippen MR) is 90.9 cm³/mol. The van der Waals surface area contributed by atoms with E-state index >= 15 is 0 Å². The summed E-state index contributed by atoms with van der Waals surface area (Å²) < 4.78 is 3.17. The molecule has 0 saturated carbocycles. The first-order valence-corrected chi connectivity index (χ1v) is 7.69. The first-order valence-electron chi connectivity index (χ1n) is 6.23. The maximum Gasteiger partial charge on any atom is 0.0659 e. The van der Waals surface area contributed by atoms with Crippen molar-refractivity contribution in [2.45, 2.75) is 6.54 Å². The van der Waals surface area contributed by atoms with Gasteiger partial charge < -0.3 is 0 Å². The Balaban J connectivity index is 1.82. The molecule has 1 aromatic heterocycles. The summed E-state index contributed by atoms with van der Waals surface area (Å²) in [5.41, 5.74) is 3.52. The molecular formula is C16H12ClIN2. The van der Waals surface area contributed by atoms with Crippen molar-refractivity contribution >= 4 is 34.2 Å². The summed E-state index contributed by atoms with van der Waals surface area (Å²) in [5, 5.41) is 5.18. The monoisotopic (exact) mass is 394 g/mol. The van der Waals surface area contributed by atoms with Crippen molar-refractivity contribution in [3.63, 3.8) is 0 Å². The highest BCUT2D eigenvalue weighted by Gasteiger charge is 2.03. The van der Waals surface area contributed by atoms with Crippen LogP contribution in [0.1, 0.15) is 5.56 Å². The highest BCUT2D eigenvalue weighted by Crippen LogP contribution is 2.21. The minimum atomic E-state index is 0.751. The van der Waals surface area contributed by atoms with Gasteiger partial charge in [0.1, 0.15) is 0 Å². The lowest BCUT2D eigenvalue weighted by Gasteiger charge is -2.02. The molecule has 100 valence electrons. The Kier molecular flexibility index (Phi) is 4.08. The van der Waals surface area contributed by atoms with Gasteiger partial charge in [-0.3, -0.25) is 4.68 Å². The van der Waals surface area contributed by atoms with E-state index in [2.05, 4.69) is 58.2 Å². The van der Waals surface area contributed by atoms with Gasteiger partial charge in [0.15, 0.2) is 0 Å². The van der Waals surface area contributed by atoms with Crippen LogP contribution in [0.2, 0.25) is 5.02 Å². The molecule has 0 aliphatic carbocycles. The van der Waals surface area contributed by atoms with Gasteiger partial charge >= 0.3 is 0 Å². The molecule has 3 rings (SSSR count). The van der Waals surface area contributed by atoms with Crippen molar-refractivity contribution in [3.8, 4) is 11.1 Å². The van der Waals surface area contributed by atoms with Crippen LogP contribution in [-0.4, -0.2) is 9.78 Å². The van der Waals surface area contributed by atoms with E-state index in [0.717, 1.165) is 17.1 Å². The largest absolute Gasteiger partial charge is 0.268 e. The zero-order valence-corrected chi connectivity index (χ0v) is 13.5. The summed E-state index contributed by atoms with van der Waals surface area (Å²) in [4.78, 5) is 0. The first kappa shape index (κ1) is 13.6. The second-order valence-electron chi connectivity index (χ2n) is 4.56. The third-order valence-electron chi connectivity index (χ3n) is 3.05. The standard InChI is InChI=1S/C16H12ClIN2/c17-15-6-4-12(5-7-15)10-20-11-14(9-19-20)13-2-1-3-16(18)8-13/h1-9,11H,10H2. The zero-order chi connectivity index (χ0) is 13.9. The van der Waals surface area contributed by atoms with Gasteiger partial charge in [-0.25, -0.2) is 0 Å². The molecule has 2 aromatic carbocycles. The molecule has 0 aliphatic rings. The number of rotatable bonds is 3. The SMILES string of the molecule is Clc1ccc(Cn2cc(-c3cccc(I)c3)cn2)cc1. The Bertz CT molecular complexity index is 719. The molecule has 0 bridgehead atoms. The van der Waals surface area contributed by atoms with Crippen LogP contribution < -0.4 is 0 Å². The minimum Gasteiger partial charge on any atom is -0.268 e. The van der Waals surface area contributed by atoms with Crippen molar-refractivity contribution < 1.29 is 0 Å². The third kappa shape index (κ3) is 3.22. The van der Waals surface area contributed by atoms with Crippen LogP contribution in [0.4, 0.5) is 0 Å². The van der Waals surface area contributed by atoms with E-state index in [1.807, 2.05) is 35.1 Å². The Labute approximate surface area is 136 Å². The second kappa shape index (κ2) is 5.97. The van der Waals surface area contributed by atoms with Crippen LogP contribution in [0.3, 0.4) is 0 Å². The van der Waals surface area contributed by atoms with Gasteiger partial charge in [0, 0.05) is 20.4 Å². The normalized spacial score (nSPS) is 10.7. The topological polar surface area (TPSA) is 17.8 Å². The Hall–Kier alpha value is -1.33. The van der Waals surface area contributed by atoms with Crippen LogP contribution in [0.15, 0.2) is 60.9 Å². The molecule has 0 N–H and O–H groups in total. The average molecular weight is 395 g/mol. The molecule has 2 nitrogen and oxygen atoms in total. The van der Waals surface area contributed by atoms with Gasteiger partial charge in [0.25, 0.3) is 0 Å². The molecule has 0 atom stereocenters. The Morgan fingerprint density at radius 1 is 1.05 bits per heavy atom. The molecule has 0 aliphatic heterocycles. The summed E-state index contributed by atoms with van der Waals surface area (Å²) in [6, 6.07) is 16.3. The molecule has 20 heavy (non-hydrogen) atoms. The maximum atomic E-state index is 5.89. The predicted octanol–water partition coefficient (Wildman–Crippen LogP) is 4.86. The molecular weight excluding hydrogens is 383 g/mol. The smallest absolute Gasteiger partial charge is 0.0659 e. The minimum absolute atomic E-state index is 0.751. The van der Waals surface area contributed by atoms with Gasteiger partial charge in [-0.15, -0.1) is 0 Å². The van der Waals surface area contributed by atoms with Crippen LogP contribution in [0, 0.1) is 3.57 Å². The van der Waals surface area contributed by atoms with Crippen LogP contribution >= 0.6 is 34.2 Å². The summed E-state index contributed by atoms with van der Waals surface area (Å²) in [6.45, 7) is 0.751. The van der Waals surface area contributed by atoms with E-state index < -0.39 is 0 Å². The van der Waals surface area contributed by atoms with Crippen molar-refractivity contribution in [3.05, 3.63) is 75.1 Å². The lowest BCUT2D eigenvalue weighted by molar-refractivity contribution is 0.687. The lowest BCUT2D eigenvalue weighted by atomic mass is 10.1. The summed E-state index contributed by atoms with van der Waals surface area (Å²) in [5.74, 6) is 0. The van der Waals surface area contributed by atoms with Crippen LogP contribution in [0.25, 0.3) is 11.1 Å². The Morgan fingerprint density at radius 2 is 1.85 bits per heavy atom. The van der Waals surface area contributed by atoms with E-state index in [0.29, 0.717) is 0 Å². The number of hydrogen-bond acceptors (Lipinski definition) is 1. The molecule has 0 radical (unpaired) electrons. The second-order valence-corrected chi connectivity index (χ2v) is 6.25. The number of benzene rings is 2. The van der Waals surface area contributed by atoms with Crippen molar-refractivity contribution in [2.75, 3.05) is 0 Å². The molecule has 1 heterocycles. The number of hydrogen-bond donors (Lipinski definition) is 0. The summed E-state index contributed by atoms with van der Waals surface area (Å²) in [7, 11) is 0. The van der Waals surface area contributed by atoms with Crippen LogP contribution in [0.5, 0.6) is 0 Å². The fourth-order valence-electron chi connectivity index (χ4n) is 2.04. The fourth-order valence-corrected chi connectivity index (χ4v) is 2.71. The van der Waals surface area contributed by atoms with Crippen molar-refractivity contribution in [2.24, 2.45) is 0 Å². The van der Waals surface area contributed by atoms with Gasteiger partial charge in [-0.1, -0.05) is 35.9 Å². The zero-order valence-electron chi connectivity index (χ0n) is 10.6. The van der Waals surface area contributed by atoms with Gasteiger partial charge in [-0.2, -0.15) is 5.10 Å². The number of aromatic nitrogens is 2. The quantitative estimate of drug-likeness (QED) is 0.580. The molecule has 0 saturated heterocycles. The van der Waals surface area contributed by atoms with Gasteiger partial charge in [0.2, 0.25) is 0 Å². The third-order valence-corrected chi connectivity index (χ3v) is 3.97. The highest BCUT2D eigenvalue weighted by molar-refractivity contribution is 14.1. The molecule has 4 heteroatoms. The molecule has 0 amide bonds. The molecule has 3 aromatic rings. The molecule has 0 unspecified atom stereocenters. The lowest BCUT2D eigenvalue weighted by Crippen LogP contribution is -1.99. The van der Waals surface area contributed by atoms with Crippen molar-refractivity contribution in [1.82, 2.24) is 9.78 Å². The number of halogens is 2. The number of nitrogens with zero attached hydrogens (tertiary/aromatic N) is 2. The van der Waals surface area contributed by atoms with E-state index in [4.69, 9.17) is 11.6 Å². The van der Waals surface area contributed by atoms with Crippen molar-refractivity contribution in [1.29, 1.82) is 0 Å². The van der Waals surface area contributed by atoms with Gasteiger partial charge in [-0.05, 0) is 58.0 Å². The maximum absolute atomic E-state index is 5.89.